The van der Waals surface area contributed by atoms with E-state index in [1.807, 2.05) is 24.3 Å². The molecule has 1 aromatic carbocycles. The van der Waals surface area contributed by atoms with Crippen LogP contribution in [0.1, 0.15) is 115 Å². The van der Waals surface area contributed by atoms with Crippen molar-refractivity contribution in [3.8, 4) is 0 Å². The lowest BCUT2D eigenvalue weighted by atomic mass is 10.1. The van der Waals surface area contributed by atoms with Crippen molar-refractivity contribution in [3.63, 3.8) is 0 Å². The average molecular weight is 483 g/mol. The normalized spacial score (nSPS) is 10.6. The Morgan fingerprint density at radius 1 is 0.629 bits per heavy atom. The first kappa shape index (κ1) is 30.7. The molecule has 0 aliphatic rings. The largest absolute Gasteiger partial charge is 0.356 e. The molecule has 0 aliphatic carbocycles. The van der Waals surface area contributed by atoms with Crippen LogP contribution in [0.4, 0.5) is 5.69 Å². The van der Waals surface area contributed by atoms with Crippen LogP contribution in [0.2, 0.25) is 0 Å². The highest BCUT2D eigenvalue weighted by atomic mass is 16.2. The first-order valence-corrected chi connectivity index (χ1v) is 14.0. The minimum Gasteiger partial charge on any atom is -0.356 e. The maximum atomic E-state index is 12.1. The summed E-state index contributed by atoms with van der Waals surface area (Å²) in [5, 5.41) is 6.04. The molecule has 4 heteroatoms. The Bertz CT molecular complexity index is 696. The maximum absolute atomic E-state index is 12.1. The zero-order valence-electron chi connectivity index (χ0n) is 22.1. The molecule has 0 atom stereocenters. The van der Waals surface area contributed by atoms with Gasteiger partial charge in [0.15, 0.2) is 0 Å². The fraction of sp³-hybridized carbons (Fsp3) is 0.613. The van der Waals surface area contributed by atoms with Crippen molar-refractivity contribution in [2.75, 3.05) is 11.9 Å². The molecule has 1 aromatic rings. The first-order valence-electron chi connectivity index (χ1n) is 14.0. The van der Waals surface area contributed by atoms with Gasteiger partial charge >= 0.3 is 0 Å². The highest BCUT2D eigenvalue weighted by Gasteiger charge is 2.04. The van der Waals surface area contributed by atoms with Gasteiger partial charge in [-0.15, -0.1) is 13.2 Å². The van der Waals surface area contributed by atoms with E-state index in [9.17, 15) is 9.59 Å². The van der Waals surface area contributed by atoms with Crippen LogP contribution in [0.15, 0.2) is 49.6 Å². The molecule has 0 saturated heterocycles. The highest BCUT2D eigenvalue weighted by Crippen LogP contribution is 2.13. The lowest BCUT2D eigenvalue weighted by molar-refractivity contribution is -0.121. The van der Waals surface area contributed by atoms with Gasteiger partial charge in [-0.1, -0.05) is 75.7 Å². The topological polar surface area (TPSA) is 58.2 Å². The van der Waals surface area contributed by atoms with Crippen LogP contribution in [0.3, 0.4) is 0 Å². The van der Waals surface area contributed by atoms with E-state index in [1.165, 1.54) is 56.9 Å². The number of benzene rings is 1. The van der Waals surface area contributed by atoms with Crippen molar-refractivity contribution in [3.05, 3.63) is 55.1 Å². The second kappa shape index (κ2) is 22.1. The zero-order valence-corrected chi connectivity index (χ0v) is 22.1. The summed E-state index contributed by atoms with van der Waals surface area (Å²) in [6.45, 7) is 8.21. The van der Waals surface area contributed by atoms with E-state index in [0.717, 1.165) is 57.1 Å². The molecule has 2 amide bonds. The van der Waals surface area contributed by atoms with Crippen molar-refractivity contribution in [1.82, 2.24) is 5.32 Å². The predicted octanol–water partition coefficient (Wildman–Crippen LogP) is 8.29. The summed E-state index contributed by atoms with van der Waals surface area (Å²) < 4.78 is 0. The molecule has 2 N–H and O–H groups in total. The van der Waals surface area contributed by atoms with Gasteiger partial charge in [0.05, 0.1) is 0 Å². The number of nitrogens with one attached hydrogen (secondary N) is 2. The molecular weight excluding hydrogens is 432 g/mol. The van der Waals surface area contributed by atoms with E-state index in [1.54, 1.807) is 0 Å². The average Bonchev–Trinajstić information content (AvgIpc) is 2.86. The van der Waals surface area contributed by atoms with Crippen molar-refractivity contribution < 1.29 is 9.59 Å². The van der Waals surface area contributed by atoms with Gasteiger partial charge in [-0.2, -0.15) is 0 Å². The third-order valence-corrected chi connectivity index (χ3v) is 6.33. The molecule has 196 valence electrons. The molecule has 0 radical (unpaired) electrons. The van der Waals surface area contributed by atoms with E-state index in [2.05, 4.69) is 35.9 Å². The van der Waals surface area contributed by atoms with Gasteiger partial charge in [0.2, 0.25) is 11.8 Å². The number of allylic oxidation sites excluding steroid dienone is 2. The molecular formula is C31H50N2O2. The quantitative estimate of drug-likeness (QED) is 0.122. The lowest BCUT2D eigenvalue weighted by Gasteiger charge is -2.08. The second-order valence-electron chi connectivity index (χ2n) is 9.60. The minimum absolute atomic E-state index is 0.0970. The molecule has 0 spiro atoms. The predicted molar refractivity (Wildman–Crippen MR) is 151 cm³/mol. The van der Waals surface area contributed by atoms with E-state index < -0.39 is 0 Å². The van der Waals surface area contributed by atoms with Crippen LogP contribution in [-0.2, 0) is 16.0 Å². The van der Waals surface area contributed by atoms with Crippen LogP contribution in [0, 0.1) is 0 Å². The third kappa shape index (κ3) is 18.6. The smallest absolute Gasteiger partial charge is 0.224 e. The van der Waals surface area contributed by atoms with E-state index in [-0.39, 0.29) is 11.8 Å². The fourth-order valence-electron chi connectivity index (χ4n) is 4.15. The summed E-state index contributed by atoms with van der Waals surface area (Å²) in [5.74, 6) is 0.266. The molecule has 0 unspecified atom stereocenters. The number of unbranched alkanes of at least 4 members (excludes halogenated alkanes) is 12. The van der Waals surface area contributed by atoms with Gasteiger partial charge in [-0.25, -0.2) is 0 Å². The molecule has 4 nitrogen and oxygen atoms in total. The summed E-state index contributed by atoms with van der Waals surface area (Å²) in [6, 6.07) is 8.08. The van der Waals surface area contributed by atoms with Crippen molar-refractivity contribution in [1.29, 1.82) is 0 Å². The molecule has 0 fully saturated rings. The Balaban J connectivity index is 2.03. The van der Waals surface area contributed by atoms with E-state index in [4.69, 9.17) is 0 Å². The van der Waals surface area contributed by atoms with Crippen LogP contribution in [-0.4, -0.2) is 18.4 Å². The van der Waals surface area contributed by atoms with Gasteiger partial charge in [-0.05, 0) is 69.1 Å². The summed E-state index contributed by atoms with van der Waals surface area (Å²) in [7, 11) is 0. The molecule has 35 heavy (non-hydrogen) atoms. The van der Waals surface area contributed by atoms with E-state index >= 15 is 0 Å². The van der Waals surface area contributed by atoms with Crippen molar-refractivity contribution in [2.24, 2.45) is 0 Å². The molecule has 0 saturated carbocycles. The van der Waals surface area contributed by atoms with Crippen molar-refractivity contribution in [2.45, 2.75) is 116 Å². The third-order valence-electron chi connectivity index (χ3n) is 6.33. The highest BCUT2D eigenvalue weighted by molar-refractivity contribution is 5.90. The summed E-state index contributed by atoms with van der Waals surface area (Å²) >= 11 is 0. The minimum atomic E-state index is 0.0970. The molecule has 1 rings (SSSR count). The SMILES string of the molecule is C=CCCCCCCCCC(=O)NCCCc1ccc(NC(=O)CCCCCCCCC=C)cc1. The summed E-state index contributed by atoms with van der Waals surface area (Å²) in [6.07, 6.45) is 23.4. The maximum Gasteiger partial charge on any atom is 0.224 e. The fourth-order valence-corrected chi connectivity index (χ4v) is 4.15. The van der Waals surface area contributed by atoms with Gasteiger partial charge in [-0.3, -0.25) is 9.59 Å². The number of carbonyl (C=O) groups excluding carboxylic acids is 2. The van der Waals surface area contributed by atoms with Gasteiger partial charge in [0.25, 0.3) is 0 Å². The van der Waals surface area contributed by atoms with Gasteiger partial charge in [0, 0.05) is 25.1 Å². The molecule has 0 aromatic heterocycles. The number of carbonyl (C=O) groups is 2. The summed E-state index contributed by atoms with van der Waals surface area (Å²) in [4.78, 5) is 24.1. The number of amides is 2. The standard InChI is InChI=1S/C31H50N2O2/c1-3-5-7-9-11-13-15-17-21-30(34)32-27-19-20-28-23-25-29(26-24-28)33-31(35)22-18-16-14-12-10-8-6-4-2/h3-4,23-26H,1-2,5-22,27H2,(H,32,34)(H,33,35). The summed E-state index contributed by atoms with van der Waals surface area (Å²) in [5.41, 5.74) is 2.09. The van der Waals surface area contributed by atoms with Gasteiger partial charge < -0.3 is 10.6 Å². The van der Waals surface area contributed by atoms with Crippen LogP contribution in [0.25, 0.3) is 0 Å². The van der Waals surface area contributed by atoms with Crippen molar-refractivity contribution >= 4 is 17.5 Å². The Morgan fingerprint density at radius 3 is 1.66 bits per heavy atom. The lowest BCUT2D eigenvalue weighted by Crippen LogP contribution is -2.24. The van der Waals surface area contributed by atoms with E-state index in [0.29, 0.717) is 19.4 Å². The Morgan fingerprint density at radius 2 is 1.11 bits per heavy atom. The second-order valence-corrected chi connectivity index (χ2v) is 9.60. The Kier molecular flexibility index (Phi) is 19.4. The molecule has 0 bridgehead atoms. The van der Waals surface area contributed by atoms with Crippen LogP contribution < -0.4 is 10.6 Å². The molecule has 0 aliphatic heterocycles. The number of hydrogen-bond donors (Lipinski definition) is 2. The van der Waals surface area contributed by atoms with Gasteiger partial charge in [0.1, 0.15) is 0 Å². The number of anilines is 1. The Labute approximate surface area is 215 Å². The van der Waals surface area contributed by atoms with Crippen LogP contribution in [0.5, 0.6) is 0 Å². The Hall–Kier alpha value is -2.36. The first-order chi connectivity index (χ1) is 17.2. The van der Waals surface area contributed by atoms with Crippen LogP contribution >= 0.6 is 0 Å². The zero-order chi connectivity index (χ0) is 25.4. The number of hydrogen-bond acceptors (Lipinski definition) is 2. The monoisotopic (exact) mass is 482 g/mol. The molecule has 0 heterocycles. The number of rotatable bonds is 23. The number of aryl methyl sites for hydroxylation is 1.